The first-order valence-electron chi connectivity index (χ1n) is 5.26. The van der Waals surface area contributed by atoms with Crippen molar-refractivity contribution in [2.24, 2.45) is 5.73 Å². The third kappa shape index (κ3) is 3.96. The Kier molecular flexibility index (Phi) is 6.28. The van der Waals surface area contributed by atoms with Gasteiger partial charge in [-0.05, 0) is 33.7 Å². The molecule has 0 aromatic carbocycles. The molecular formula is C10H23N3O. The highest BCUT2D eigenvalue weighted by Gasteiger charge is 2.18. The Labute approximate surface area is 87.0 Å². The maximum atomic E-state index is 11.8. The molecule has 0 saturated carbocycles. The molecule has 0 rings (SSSR count). The van der Waals surface area contributed by atoms with Crippen LogP contribution in [-0.2, 0) is 0 Å². The van der Waals surface area contributed by atoms with E-state index in [4.69, 9.17) is 5.73 Å². The number of nitrogens with two attached hydrogens (primary N) is 1. The minimum atomic E-state index is 0.0935. The molecule has 0 bridgehead atoms. The van der Waals surface area contributed by atoms with Crippen molar-refractivity contribution in [1.82, 2.24) is 9.80 Å². The van der Waals surface area contributed by atoms with Gasteiger partial charge >= 0.3 is 6.03 Å². The number of urea groups is 1. The predicted octanol–water partition coefficient (Wildman–Crippen LogP) is 1.12. The van der Waals surface area contributed by atoms with Crippen molar-refractivity contribution in [2.75, 3.05) is 26.7 Å². The third-order valence-corrected chi connectivity index (χ3v) is 2.27. The van der Waals surface area contributed by atoms with E-state index in [1.54, 1.807) is 4.90 Å². The van der Waals surface area contributed by atoms with E-state index in [9.17, 15) is 4.79 Å². The summed E-state index contributed by atoms with van der Waals surface area (Å²) in [7, 11) is 1.82. The molecule has 0 unspecified atom stereocenters. The van der Waals surface area contributed by atoms with Gasteiger partial charge in [-0.1, -0.05) is 0 Å². The minimum Gasteiger partial charge on any atom is -0.330 e. The molecule has 0 saturated heterocycles. The first-order valence-corrected chi connectivity index (χ1v) is 5.26. The van der Waals surface area contributed by atoms with Gasteiger partial charge in [-0.3, -0.25) is 0 Å². The summed E-state index contributed by atoms with van der Waals surface area (Å²) < 4.78 is 0. The summed E-state index contributed by atoms with van der Waals surface area (Å²) in [4.78, 5) is 15.4. The fraction of sp³-hybridized carbons (Fsp3) is 0.900. The number of hydrogen-bond donors (Lipinski definition) is 1. The standard InChI is InChI=1S/C10H23N3O/c1-5-12(4)10(14)13(9(2)3)8-6-7-11/h9H,5-8,11H2,1-4H3. The molecular weight excluding hydrogens is 178 g/mol. The van der Waals surface area contributed by atoms with Crippen LogP contribution in [0.3, 0.4) is 0 Å². The van der Waals surface area contributed by atoms with E-state index in [1.807, 2.05) is 32.7 Å². The van der Waals surface area contributed by atoms with E-state index in [1.165, 1.54) is 0 Å². The smallest absolute Gasteiger partial charge is 0.319 e. The van der Waals surface area contributed by atoms with Crippen molar-refractivity contribution in [2.45, 2.75) is 33.2 Å². The predicted molar refractivity (Wildman–Crippen MR) is 59.2 cm³/mol. The van der Waals surface area contributed by atoms with Crippen molar-refractivity contribution in [3.05, 3.63) is 0 Å². The molecule has 0 fully saturated rings. The zero-order valence-corrected chi connectivity index (χ0v) is 9.79. The largest absolute Gasteiger partial charge is 0.330 e. The van der Waals surface area contributed by atoms with Crippen molar-refractivity contribution in [3.8, 4) is 0 Å². The summed E-state index contributed by atoms with van der Waals surface area (Å²) in [5.41, 5.74) is 5.43. The lowest BCUT2D eigenvalue weighted by Crippen LogP contribution is -2.45. The zero-order chi connectivity index (χ0) is 11.1. The van der Waals surface area contributed by atoms with Gasteiger partial charge in [0.05, 0.1) is 0 Å². The fourth-order valence-corrected chi connectivity index (χ4v) is 1.19. The lowest BCUT2D eigenvalue weighted by Gasteiger charge is -2.30. The van der Waals surface area contributed by atoms with Gasteiger partial charge in [-0.15, -0.1) is 0 Å². The molecule has 84 valence electrons. The van der Waals surface area contributed by atoms with Crippen molar-refractivity contribution in [3.63, 3.8) is 0 Å². The Morgan fingerprint density at radius 2 is 2.00 bits per heavy atom. The van der Waals surface area contributed by atoms with Crippen LogP contribution in [0.1, 0.15) is 27.2 Å². The molecule has 0 radical (unpaired) electrons. The molecule has 0 aliphatic rings. The topological polar surface area (TPSA) is 49.6 Å². The second-order valence-corrected chi connectivity index (χ2v) is 3.73. The molecule has 4 heteroatoms. The first kappa shape index (κ1) is 13.2. The van der Waals surface area contributed by atoms with Crippen LogP contribution in [0.5, 0.6) is 0 Å². The highest BCUT2D eigenvalue weighted by Crippen LogP contribution is 2.03. The zero-order valence-electron chi connectivity index (χ0n) is 9.79. The Bertz CT molecular complexity index is 171. The van der Waals surface area contributed by atoms with E-state index in [0.29, 0.717) is 6.54 Å². The lowest BCUT2D eigenvalue weighted by molar-refractivity contribution is 0.151. The van der Waals surface area contributed by atoms with E-state index < -0.39 is 0 Å². The number of hydrogen-bond acceptors (Lipinski definition) is 2. The van der Waals surface area contributed by atoms with Crippen molar-refractivity contribution < 1.29 is 4.79 Å². The summed E-state index contributed by atoms with van der Waals surface area (Å²) in [6, 6.07) is 0.332. The molecule has 0 heterocycles. The van der Waals surface area contributed by atoms with Crippen molar-refractivity contribution in [1.29, 1.82) is 0 Å². The van der Waals surface area contributed by atoms with Gasteiger partial charge in [0, 0.05) is 26.2 Å². The minimum absolute atomic E-state index is 0.0935. The highest BCUT2D eigenvalue weighted by molar-refractivity contribution is 5.74. The SMILES string of the molecule is CCN(C)C(=O)N(CCCN)C(C)C. The second kappa shape index (κ2) is 6.65. The number of carbonyl (C=O) groups is 1. The first-order chi connectivity index (χ1) is 6.54. The van der Waals surface area contributed by atoms with Crippen LogP contribution in [0.2, 0.25) is 0 Å². The molecule has 0 aromatic rings. The maximum Gasteiger partial charge on any atom is 0.319 e. The summed E-state index contributed by atoms with van der Waals surface area (Å²) >= 11 is 0. The van der Waals surface area contributed by atoms with Gasteiger partial charge in [0.15, 0.2) is 0 Å². The molecule has 0 spiro atoms. The normalized spacial score (nSPS) is 10.4. The Morgan fingerprint density at radius 1 is 1.43 bits per heavy atom. The van der Waals surface area contributed by atoms with E-state index >= 15 is 0 Å². The molecule has 4 nitrogen and oxygen atoms in total. The van der Waals surface area contributed by atoms with Crippen LogP contribution < -0.4 is 5.73 Å². The van der Waals surface area contributed by atoms with Gasteiger partial charge < -0.3 is 15.5 Å². The van der Waals surface area contributed by atoms with E-state index in [0.717, 1.165) is 19.5 Å². The highest BCUT2D eigenvalue weighted by atomic mass is 16.2. The quantitative estimate of drug-likeness (QED) is 0.724. The number of carbonyl (C=O) groups excluding carboxylic acids is 1. The van der Waals surface area contributed by atoms with Crippen LogP contribution in [-0.4, -0.2) is 48.6 Å². The van der Waals surface area contributed by atoms with E-state index in [-0.39, 0.29) is 12.1 Å². The van der Waals surface area contributed by atoms with Crippen LogP contribution in [0.4, 0.5) is 4.79 Å². The second-order valence-electron chi connectivity index (χ2n) is 3.73. The van der Waals surface area contributed by atoms with Gasteiger partial charge in [0.1, 0.15) is 0 Å². The van der Waals surface area contributed by atoms with Crippen LogP contribution in [0.25, 0.3) is 0 Å². The Morgan fingerprint density at radius 3 is 2.36 bits per heavy atom. The molecule has 14 heavy (non-hydrogen) atoms. The molecule has 2 amide bonds. The van der Waals surface area contributed by atoms with Crippen LogP contribution in [0, 0.1) is 0 Å². The molecule has 0 aromatic heterocycles. The maximum absolute atomic E-state index is 11.8. The summed E-state index contributed by atoms with van der Waals surface area (Å²) in [6.07, 6.45) is 0.863. The van der Waals surface area contributed by atoms with Crippen LogP contribution >= 0.6 is 0 Å². The number of nitrogens with zero attached hydrogens (tertiary/aromatic N) is 2. The number of rotatable bonds is 5. The van der Waals surface area contributed by atoms with Crippen molar-refractivity contribution >= 4 is 6.03 Å². The molecule has 0 aliphatic heterocycles. The molecule has 0 atom stereocenters. The van der Waals surface area contributed by atoms with Gasteiger partial charge in [0.25, 0.3) is 0 Å². The fourth-order valence-electron chi connectivity index (χ4n) is 1.19. The number of amides is 2. The molecule has 2 N–H and O–H groups in total. The molecule has 0 aliphatic carbocycles. The monoisotopic (exact) mass is 201 g/mol. The average Bonchev–Trinajstić information content (AvgIpc) is 2.16. The summed E-state index contributed by atoms with van der Waals surface area (Å²) in [6.45, 7) is 8.14. The van der Waals surface area contributed by atoms with Crippen LogP contribution in [0.15, 0.2) is 0 Å². The lowest BCUT2D eigenvalue weighted by atomic mass is 10.3. The summed E-state index contributed by atoms with van der Waals surface area (Å²) in [5, 5.41) is 0. The summed E-state index contributed by atoms with van der Waals surface area (Å²) in [5.74, 6) is 0. The average molecular weight is 201 g/mol. The Hall–Kier alpha value is -0.770. The Balaban J connectivity index is 4.25. The third-order valence-electron chi connectivity index (χ3n) is 2.27. The van der Waals surface area contributed by atoms with Gasteiger partial charge in [-0.25, -0.2) is 4.79 Å². The van der Waals surface area contributed by atoms with E-state index in [2.05, 4.69) is 0 Å². The van der Waals surface area contributed by atoms with Gasteiger partial charge in [0.2, 0.25) is 0 Å². The van der Waals surface area contributed by atoms with Gasteiger partial charge in [-0.2, -0.15) is 0 Å².